The Morgan fingerprint density at radius 3 is 2.46 bits per heavy atom. The van der Waals surface area contributed by atoms with Crippen molar-refractivity contribution >= 4 is 23.7 Å². The van der Waals surface area contributed by atoms with E-state index < -0.39 is 35.1 Å². The van der Waals surface area contributed by atoms with Crippen LogP contribution in [-0.4, -0.2) is 39.3 Å². The number of halogens is 3. The lowest BCUT2D eigenvalue weighted by atomic mass is 10.1. The molecule has 1 aromatic carbocycles. The summed E-state index contributed by atoms with van der Waals surface area (Å²) in [6.45, 7) is 0.0135. The number of nitrogens with one attached hydrogen (secondary N) is 1. The first-order valence-corrected chi connectivity index (χ1v) is 10.4. The van der Waals surface area contributed by atoms with Crippen LogP contribution in [0.1, 0.15) is 32.0 Å². The Hall–Kier alpha value is -4.54. The highest BCUT2D eigenvalue weighted by molar-refractivity contribution is 6.10. The normalized spacial score (nSPS) is 13.6. The minimum atomic E-state index is -4.75. The highest BCUT2D eigenvalue weighted by Crippen LogP contribution is 2.33. The van der Waals surface area contributed by atoms with Gasteiger partial charge in [0.15, 0.2) is 0 Å². The molecule has 1 N–H and O–H groups in total. The predicted octanol–water partition coefficient (Wildman–Crippen LogP) is 4.02. The topological polar surface area (TPSA) is 95.5 Å². The number of hydrogen-bond acceptors (Lipinski definition) is 5. The molecule has 0 bridgehead atoms. The van der Waals surface area contributed by atoms with Gasteiger partial charge in [-0.05, 0) is 42.5 Å². The SMILES string of the molecule is O=C(NCc1ccccn1)c1ccc(N2C=CCN(C(=O)c3ccccc3C(F)(F)F)C2=O)nc1. The molecule has 0 unspecified atom stereocenters. The minimum absolute atomic E-state index is 0.0918. The summed E-state index contributed by atoms with van der Waals surface area (Å²) in [5, 5.41) is 2.70. The Kier molecular flexibility index (Phi) is 6.58. The third-order valence-electron chi connectivity index (χ3n) is 5.10. The maximum atomic E-state index is 13.3. The molecule has 1 aliphatic rings. The lowest BCUT2D eigenvalue weighted by molar-refractivity contribution is -0.138. The number of benzene rings is 1. The number of nitrogens with zero attached hydrogens (tertiary/aromatic N) is 4. The van der Waals surface area contributed by atoms with Crippen LogP contribution in [0.15, 0.2) is 79.3 Å². The molecule has 3 heterocycles. The maximum absolute atomic E-state index is 13.3. The molecular weight excluding hydrogens is 463 g/mol. The van der Waals surface area contributed by atoms with Crippen molar-refractivity contribution in [2.24, 2.45) is 0 Å². The van der Waals surface area contributed by atoms with Gasteiger partial charge in [-0.25, -0.2) is 9.78 Å². The maximum Gasteiger partial charge on any atom is 0.417 e. The quantitative estimate of drug-likeness (QED) is 0.594. The number of amides is 4. The second kappa shape index (κ2) is 9.75. The summed E-state index contributed by atoms with van der Waals surface area (Å²) in [6, 6.07) is 11.6. The molecule has 35 heavy (non-hydrogen) atoms. The average Bonchev–Trinajstić information content (AvgIpc) is 2.87. The fourth-order valence-electron chi connectivity index (χ4n) is 3.37. The molecule has 1 aliphatic heterocycles. The molecular formula is C24H18F3N5O3. The first-order valence-electron chi connectivity index (χ1n) is 10.4. The molecule has 0 saturated carbocycles. The van der Waals surface area contributed by atoms with E-state index in [2.05, 4.69) is 15.3 Å². The van der Waals surface area contributed by atoms with Crippen LogP contribution in [0.4, 0.5) is 23.8 Å². The number of alkyl halides is 3. The Morgan fingerprint density at radius 2 is 1.77 bits per heavy atom. The summed E-state index contributed by atoms with van der Waals surface area (Å²) in [4.78, 5) is 48.1. The standard InChI is InChI=1S/C24H18F3N5O3/c25-24(26,27)19-8-2-1-7-18(19)22(34)32-13-5-12-31(23(32)35)20-10-9-16(14-29-20)21(33)30-15-17-6-3-4-11-28-17/h1-12,14H,13,15H2,(H,30,33). The third-order valence-corrected chi connectivity index (χ3v) is 5.10. The van der Waals surface area contributed by atoms with Crippen LogP contribution in [0.2, 0.25) is 0 Å². The summed E-state index contributed by atoms with van der Waals surface area (Å²) in [6.07, 6.45) is 0.922. The summed E-state index contributed by atoms with van der Waals surface area (Å²) < 4.78 is 40.0. The molecule has 0 fully saturated rings. The van der Waals surface area contributed by atoms with E-state index in [1.807, 2.05) is 0 Å². The molecule has 178 valence electrons. The van der Waals surface area contributed by atoms with E-state index in [4.69, 9.17) is 0 Å². The number of imide groups is 1. The number of urea groups is 1. The van der Waals surface area contributed by atoms with Gasteiger partial charge >= 0.3 is 12.2 Å². The van der Waals surface area contributed by atoms with Gasteiger partial charge in [0.25, 0.3) is 11.8 Å². The van der Waals surface area contributed by atoms with Gasteiger partial charge in [-0.3, -0.25) is 24.4 Å². The zero-order valence-corrected chi connectivity index (χ0v) is 18.1. The highest BCUT2D eigenvalue weighted by Gasteiger charge is 2.38. The molecule has 0 aliphatic carbocycles. The van der Waals surface area contributed by atoms with Gasteiger partial charge in [0.2, 0.25) is 0 Å². The molecule has 8 nitrogen and oxygen atoms in total. The molecule has 3 aromatic rings. The predicted molar refractivity (Wildman–Crippen MR) is 119 cm³/mol. The second-order valence-corrected chi connectivity index (χ2v) is 7.41. The summed E-state index contributed by atoms with van der Waals surface area (Å²) in [7, 11) is 0. The first-order chi connectivity index (χ1) is 16.8. The molecule has 4 amide bonds. The Balaban J connectivity index is 1.48. The van der Waals surface area contributed by atoms with Gasteiger partial charge in [-0.15, -0.1) is 0 Å². The number of carbonyl (C=O) groups is 3. The van der Waals surface area contributed by atoms with Gasteiger partial charge in [0.05, 0.1) is 35.5 Å². The van der Waals surface area contributed by atoms with Gasteiger partial charge < -0.3 is 5.32 Å². The van der Waals surface area contributed by atoms with Crippen LogP contribution in [0.25, 0.3) is 0 Å². The third kappa shape index (κ3) is 5.18. The van der Waals surface area contributed by atoms with E-state index >= 15 is 0 Å². The molecule has 2 aromatic heterocycles. The molecule has 0 radical (unpaired) electrons. The van der Waals surface area contributed by atoms with Crippen LogP contribution in [0.3, 0.4) is 0 Å². The number of aromatic nitrogens is 2. The number of anilines is 1. The van der Waals surface area contributed by atoms with Crippen LogP contribution >= 0.6 is 0 Å². The van der Waals surface area contributed by atoms with Crippen molar-refractivity contribution < 1.29 is 27.6 Å². The fourth-order valence-corrected chi connectivity index (χ4v) is 3.37. The molecule has 4 rings (SSSR count). The van der Waals surface area contributed by atoms with E-state index in [0.717, 1.165) is 17.0 Å². The number of carbonyl (C=O) groups excluding carboxylic acids is 3. The Bertz CT molecular complexity index is 1280. The lowest BCUT2D eigenvalue weighted by Crippen LogP contribution is -2.47. The highest BCUT2D eigenvalue weighted by atomic mass is 19.4. The minimum Gasteiger partial charge on any atom is -0.346 e. The summed E-state index contributed by atoms with van der Waals surface area (Å²) in [5.74, 6) is -1.40. The number of rotatable bonds is 5. The van der Waals surface area contributed by atoms with E-state index in [-0.39, 0.29) is 24.5 Å². The van der Waals surface area contributed by atoms with Crippen molar-refractivity contribution in [2.45, 2.75) is 12.7 Å². The summed E-state index contributed by atoms with van der Waals surface area (Å²) >= 11 is 0. The van der Waals surface area contributed by atoms with E-state index in [0.29, 0.717) is 10.6 Å². The van der Waals surface area contributed by atoms with Crippen molar-refractivity contribution in [3.05, 3.63) is 102 Å². The molecule has 11 heteroatoms. The van der Waals surface area contributed by atoms with E-state index in [9.17, 15) is 27.6 Å². The van der Waals surface area contributed by atoms with Crippen molar-refractivity contribution in [2.75, 3.05) is 11.4 Å². The Morgan fingerprint density at radius 1 is 1.00 bits per heavy atom. The molecule has 0 saturated heterocycles. The lowest BCUT2D eigenvalue weighted by Gasteiger charge is -2.30. The zero-order valence-electron chi connectivity index (χ0n) is 18.1. The van der Waals surface area contributed by atoms with Crippen molar-refractivity contribution in [1.82, 2.24) is 20.2 Å². The summed E-state index contributed by atoms with van der Waals surface area (Å²) in [5.41, 5.74) is -0.855. The second-order valence-electron chi connectivity index (χ2n) is 7.41. The van der Waals surface area contributed by atoms with Gasteiger partial charge in [-0.1, -0.05) is 18.2 Å². The zero-order chi connectivity index (χ0) is 25.0. The molecule has 0 spiro atoms. The van der Waals surface area contributed by atoms with Crippen molar-refractivity contribution in [1.29, 1.82) is 0 Å². The van der Waals surface area contributed by atoms with Gasteiger partial charge in [0, 0.05) is 18.6 Å². The largest absolute Gasteiger partial charge is 0.417 e. The fraction of sp³-hybridized carbons (Fsp3) is 0.125. The van der Waals surface area contributed by atoms with Crippen molar-refractivity contribution in [3.8, 4) is 0 Å². The smallest absolute Gasteiger partial charge is 0.346 e. The average molecular weight is 481 g/mol. The van der Waals surface area contributed by atoms with E-state index in [1.165, 1.54) is 42.7 Å². The first kappa shape index (κ1) is 23.6. The monoisotopic (exact) mass is 481 g/mol. The molecule has 0 atom stereocenters. The van der Waals surface area contributed by atoms with E-state index in [1.54, 1.807) is 24.4 Å². The van der Waals surface area contributed by atoms with Gasteiger partial charge in [0.1, 0.15) is 5.82 Å². The number of hydrogen-bond donors (Lipinski definition) is 1. The van der Waals surface area contributed by atoms with Crippen LogP contribution in [-0.2, 0) is 12.7 Å². The van der Waals surface area contributed by atoms with Crippen LogP contribution < -0.4 is 10.2 Å². The van der Waals surface area contributed by atoms with Crippen LogP contribution in [0.5, 0.6) is 0 Å². The number of pyridine rings is 2. The Labute approximate surface area is 197 Å². The van der Waals surface area contributed by atoms with Gasteiger partial charge in [-0.2, -0.15) is 13.2 Å². The van der Waals surface area contributed by atoms with Crippen molar-refractivity contribution in [3.63, 3.8) is 0 Å². The van der Waals surface area contributed by atoms with Crippen LogP contribution in [0, 0.1) is 0 Å².